The maximum absolute atomic E-state index is 11.1. The number of carbonyl (C=O) groups is 2. The predicted molar refractivity (Wildman–Crippen MR) is 64.6 cm³/mol. The lowest BCUT2D eigenvalue weighted by atomic mass is 10.0. The fourth-order valence-corrected chi connectivity index (χ4v) is 1.80. The van der Waals surface area contributed by atoms with Crippen molar-refractivity contribution in [3.8, 4) is 0 Å². The average molecular weight is 236 g/mol. The summed E-state index contributed by atoms with van der Waals surface area (Å²) < 4.78 is 0. The van der Waals surface area contributed by atoms with Gasteiger partial charge >= 0.3 is 0 Å². The van der Waals surface area contributed by atoms with E-state index in [2.05, 4.69) is 23.3 Å². The second-order valence-corrected chi connectivity index (χ2v) is 4.10. The lowest BCUT2D eigenvalue weighted by Crippen LogP contribution is -2.20. The number of benzene rings is 1. The van der Waals surface area contributed by atoms with Gasteiger partial charge in [0, 0.05) is 18.7 Å². The highest BCUT2D eigenvalue weighted by molar-refractivity contribution is 7.96. The number of anilines is 1. The highest BCUT2D eigenvalue weighted by atomic mass is 32.1. The van der Waals surface area contributed by atoms with Crippen molar-refractivity contribution in [2.75, 3.05) is 5.32 Å². The van der Waals surface area contributed by atoms with Crippen molar-refractivity contribution in [2.24, 2.45) is 0 Å². The minimum Gasteiger partial charge on any atom is -0.343 e. The third-order valence-electron chi connectivity index (χ3n) is 2.51. The van der Waals surface area contributed by atoms with E-state index >= 15 is 0 Å². The van der Waals surface area contributed by atoms with Crippen LogP contribution in [0.4, 0.5) is 10.5 Å². The first kappa shape index (κ1) is 11.0. The molecule has 1 aliphatic heterocycles. The molecule has 1 heterocycles. The van der Waals surface area contributed by atoms with Crippen LogP contribution < -0.4 is 10.6 Å². The van der Waals surface area contributed by atoms with Crippen LogP contribution in [-0.2, 0) is 17.8 Å². The van der Waals surface area contributed by atoms with Crippen LogP contribution in [-0.4, -0.2) is 11.1 Å². The Labute approximate surface area is 98.8 Å². The minimum absolute atomic E-state index is 0.0592. The third kappa shape index (κ3) is 2.55. The molecule has 4 nitrogen and oxygen atoms in total. The zero-order valence-electron chi connectivity index (χ0n) is 8.62. The summed E-state index contributed by atoms with van der Waals surface area (Å²) in [6.45, 7) is 0.462. The van der Waals surface area contributed by atoms with Gasteiger partial charge in [0.2, 0.25) is 5.91 Å². The van der Waals surface area contributed by atoms with Crippen molar-refractivity contribution in [2.45, 2.75) is 19.4 Å². The van der Waals surface area contributed by atoms with Gasteiger partial charge < -0.3 is 10.6 Å². The van der Waals surface area contributed by atoms with E-state index in [0.29, 0.717) is 13.0 Å². The zero-order valence-corrected chi connectivity index (χ0v) is 9.51. The molecule has 0 aromatic heterocycles. The van der Waals surface area contributed by atoms with Crippen LogP contribution in [0.3, 0.4) is 0 Å². The van der Waals surface area contributed by atoms with E-state index in [1.54, 1.807) is 0 Å². The molecule has 1 aromatic rings. The Morgan fingerprint density at radius 2 is 2.25 bits per heavy atom. The normalized spacial score (nSPS) is 13.9. The van der Waals surface area contributed by atoms with Gasteiger partial charge in [0.1, 0.15) is 0 Å². The Balaban J connectivity index is 2.13. The Kier molecular flexibility index (Phi) is 3.14. The van der Waals surface area contributed by atoms with E-state index in [9.17, 15) is 9.59 Å². The molecular weight excluding hydrogens is 224 g/mol. The Morgan fingerprint density at radius 3 is 3.00 bits per heavy atom. The van der Waals surface area contributed by atoms with Gasteiger partial charge in [-0.2, -0.15) is 0 Å². The van der Waals surface area contributed by atoms with Crippen LogP contribution in [0.1, 0.15) is 17.5 Å². The van der Waals surface area contributed by atoms with Crippen LogP contribution in [0, 0.1) is 0 Å². The van der Waals surface area contributed by atoms with Gasteiger partial charge in [0.25, 0.3) is 5.24 Å². The maximum atomic E-state index is 11.1. The molecule has 0 unspecified atom stereocenters. The van der Waals surface area contributed by atoms with Gasteiger partial charge in [-0.05, 0) is 23.6 Å². The van der Waals surface area contributed by atoms with Crippen molar-refractivity contribution in [1.82, 2.24) is 5.32 Å². The summed E-state index contributed by atoms with van der Waals surface area (Å²) >= 11 is 3.63. The molecule has 0 aliphatic carbocycles. The lowest BCUT2D eigenvalue weighted by Gasteiger charge is -2.17. The summed E-state index contributed by atoms with van der Waals surface area (Å²) in [5.41, 5.74) is 3.00. The molecule has 1 aromatic carbocycles. The molecule has 84 valence electrons. The summed E-state index contributed by atoms with van der Waals surface area (Å²) in [5, 5.41) is 5.08. The van der Waals surface area contributed by atoms with E-state index in [1.165, 1.54) is 0 Å². The van der Waals surface area contributed by atoms with Crippen LogP contribution in [0.2, 0.25) is 0 Å². The number of amides is 2. The largest absolute Gasteiger partial charge is 0.343 e. The molecule has 1 aliphatic rings. The van der Waals surface area contributed by atoms with Gasteiger partial charge in [-0.25, -0.2) is 0 Å². The number of hydrogen-bond acceptors (Lipinski definition) is 2. The summed E-state index contributed by atoms with van der Waals surface area (Å²) in [5.74, 6) is 0.0592. The van der Waals surface area contributed by atoms with Gasteiger partial charge in [-0.15, -0.1) is 0 Å². The summed E-state index contributed by atoms with van der Waals surface area (Å²) in [6.07, 6.45) is 1.28. The second kappa shape index (κ2) is 4.57. The smallest absolute Gasteiger partial charge is 0.276 e. The molecular formula is C11H12N2O2S. The fraction of sp³-hybridized carbons (Fsp3) is 0.273. The molecule has 0 bridgehead atoms. The summed E-state index contributed by atoms with van der Waals surface area (Å²) in [6, 6.07) is 5.75. The Hall–Kier alpha value is -1.49. The van der Waals surface area contributed by atoms with Gasteiger partial charge in [-0.1, -0.05) is 24.8 Å². The highest BCUT2D eigenvalue weighted by Crippen LogP contribution is 2.23. The molecule has 0 radical (unpaired) electrons. The summed E-state index contributed by atoms with van der Waals surface area (Å²) in [7, 11) is 0. The molecule has 0 saturated carbocycles. The van der Waals surface area contributed by atoms with Crippen LogP contribution in [0.15, 0.2) is 18.2 Å². The first-order chi connectivity index (χ1) is 7.65. The predicted octanol–water partition coefficient (Wildman–Crippen LogP) is 1.71. The lowest BCUT2D eigenvalue weighted by molar-refractivity contribution is -0.116. The SMILES string of the molecule is O=C(S)NCc1ccc2c(c1)CCC(=O)N2. The zero-order chi connectivity index (χ0) is 11.5. The van der Waals surface area contributed by atoms with E-state index in [1.807, 2.05) is 18.2 Å². The number of fused-ring (bicyclic) bond motifs is 1. The quantitative estimate of drug-likeness (QED) is 0.685. The third-order valence-corrected chi connectivity index (χ3v) is 2.67. The van der Waals surface area contributed by atoms with Crippen LogP contribution >= 0.6 is 12.6 Å². The molecule has 0 saturated heterocycles. The van der Waals surface area contributed by atoms with E-state index in [4.69, 9.17) is 0 Å². The second-order valence-electron chi connectivity index (χ2n) is 3.70. The molecule has 2 amide bonds. The van der Waals surface area contributed by atoms with Crippen molar-refractivity contribution in [3.63, 3.8) is 0 Å². The van der Waals surface area contributed by atoms with Crippen LogP contribution in [0.25, 0.3) is 0 Å². The highest BCUT2D eigenvalue weighted by Gasteiger charge is 2.14. The summed E-state index contributed by atoms with van der Waals surface area (Å²) in [4.78, 5) is 21.8. The van der Waals surface area contributed by atoms with Crippen molar-refractivity contribution >= 4 is 29.5 Å². The fourth-order valence-electron chi connectivity index (χ4n) is 1.72. The van der Waals surface area contributed by atoms with E-state index in [0.717, 1.165) is 23.2 Å². The molecule has 0 fully saturated rings. The monoisotopic (exact) mass is 236 g/mol. The Morgan fingerprint density at radius 1 is 1.44 bits per heavy atom. The molecule has 2 rings (SSSR count). The van der Waals surface area contributed by atoms with Gasteiger partial charge in [0.05, 0.1) is 0 Å². The van der Waals surface area contributed by atoms with E-state index in [-0.39, 0.29) is 11.1 Å². The van der Waals surface area contributed by atoms with Crippen LogP contribution in [0.5, 0.6) is 0 Å². The first-order valence-electron chi connectivity index (χ1n) is 5.03. The molecule has 2 N–H and O–H groups in total. The number of carbonyl (C=O) groups excluding carboxylic acids is 2. The standard InChI is InChI=1S/C11H12N2O2S/c14-10-4-2-8-5-7(6-12-11(15)16)1-3-9(8)13-10/h1,3,5H,2,4,6H2,(H,13,14)(H2,12,15,16). The topological polar surface area (TPSA) is 58.2 Å². The van der Waals surface area contributed by atoms with Crippen molar-refractivity contribution in [3.05, 3.63) is 29.3 Å². The van der Waals surface area contributed by atoms with E-state index < -0.39 is 0 Å². The molecule has 0 atom stereocenters. The number of aryl methyl sites for hydroxylation is 1. The minimum atomic E-state index is -0.342. The first-order valence-corrected chi connectivity index (χ1v) is 5.48. The number of nitrogens with one attached hydrogen (secondary N) is 2. The van der Waals surface area contributed by atoms with Crippen molar-refractivity contribution in [1.29, 1.82) is 0 Å². The molecule has 0 spiro atoms. The van der Waals surface area contributed by atoms with Gasteiger partial charge in [0.15, 0.2) is 0 Å². The number of thiol groups is 1. The number of hydrogen-bond donors (Lipinski definition) is 3. The number of rotatable bonds is 2. The van der Waals surface area contributed by atoms with Crippen molar-refractivity contribution < 1.29 is 9.59 Å². The molecule has 5 heteroatoms. The maximum Gasteiger partial charge on any atom is 0.276 e. The Bertz CT molecular complexity index is 446. The van der Waals surface area contributed by atoms with Gasteiger partial charge in [-0.3, -0.25) is 9.59 Å². The average Bonchev–Trinajstić information content (AvgIpc) is 2.26. The molecule has 16 heavy (non-hydrogen) atoms.